The lowest BCUT2D eigenvalue weighted by Crippen LogP contribution is -2.41. The number of amides is 1. The second-order valence-electron chi connectivity index (χ2n) is 7.06. The van der Waals surface area contributed by atoms with Gasteiger partial charge in [0.1, 0.15) is 0 Å². The van der Waals surface area contributed by atoms with Crippen molar-refractivity contribution in [1.82, 2.24) is 19.8 Å². The van der Waals surface area contributed by atoms with Crippen molar-refractivity contribution in [2.75, 3.05) is 26.3 Å². The average Bonchev–Trinajstić information content (AvgIpc) is 3.28. The third kappa shape index (κ3) is 4.66. The van der Waals surface area contributed by atoms with Crippen LogP contribution in [0.4, 0.5) is 0 Å². The number of aryl methyl sites for hydroxylation is 1. The van der Waals surface area contributed by atoms with Gasteiger partial charge in [0, 0.05) is 24.2 Å². The SMILES string of the molecule is Cc1ccc(C(=O)NCc2nc(-c3ccccc3)no2)cc1S(=O)(=O)N1CCOCC1. The molecule has 0 unspecified atom stereocenters. The molecule has 1 saturated heterocycles. The fourth-order valence-corrected chi connectivity index (χ4v) is 4.89. The second kappa shape index (κ2) is 8.96. The molecule has 3 aromatic rings. The zero-order chi connectivity index (χ0) is 21.8. The minimum atomic E-state index is -3.71. The monoisotopic (exact) mass is 442 g/mol. The van der Waals surface area contributed by atoms with Crippen molar-refractivity contribution in [3.63, 3.8) is 0 Å². The number of carbonyl (C=O) groups is 1. The Balaban J connectivity index is 1.47. The largest absolute Gasteiger partial charge is 0.379 e. The lowest BCUT2D eigenvalue weighted by Gasteiger charge is -2.26. The number of benzene rings is 2. The molecule has 1 aromatic heterocycles. The van der Waals surface area contributed by atoms with E-state index in [9.17, 15) is 13.2 Å². The van der Waals surface area contributed by atoms with Crippen LogP contribution in [0.2, 0.25) is 0 Å². The minimum absolute atomic E-state index is 0.0259. The smallest absolute Gasteiger partial charge is 0.251 e. The molecule has 10 heteroatoms. The summed E-state index contributed by atoms with van der Waals surface area (Å²) in [7, 11) is -3.71. The quantitative estimate of drug-likeness (QED) is 0.621. The highest BCUT2D eigenvalue weighted by atomic mass is 32.2. The van der Waals surface area contributed by atoms with E-state index in [0.717, 1.165) is 5.56 Å². The van der Waals surface area contributed by atoms with Gasteiger partial charge in [0.15, 0.2) is 0 Å². The van der Waals surface area contributed by atoms with Gasteiger partial charge in [-0.25, -0.2) is 8.42 Å². The van der Waals surface area contributed by atoms with Gasteiger partial charge in [0.25, 0.3) is 5.91 Å². The molecular weight excluding hydrogens is 420 g/mol. The summed E-state index contributed by atoms with van der Waals surface area (Å²) in [6.45, 7) is 3.02. The average molecular weight is 442 g/mol. The summed E-state index contributed by atoms with van der Waals surface area (Å²) >= 11 is 0. The Hall–Kier alpha value is -3.08. The third-order valence-electron chi connectivity index (χ3n) is 4.94. The zero-order valence-corrected chi connectivity index (χ0v) is 17.8. The summed E-state index contributed by atoms with van der Waals surface area (Å²) in [6.07, 6.45) is 0. The molecule has 9 nitrogen and oxygen atoms in total. The van der Waals surface area contributed by atoms with E-state index >= 15 is 0 Å². The van der Waals surface area contributed by atoms with Crippen molar-refractivity contribution >= 4 is 15.9 Å². The molecule has 0 atom stereocenters. The molecule has 1 amide bonds. The van der Waals surface area contributed by atoms with Crippen LogP contribution in [0.1, 0.15) is 21.8 Å². The molecule has 0 spiro atoms. The van der Waals surface area contributed by atoms with Crippen LogP contribution in [0.25, 0.3) is 11.4 Å². The van der Waals surface area contributed by atoms with Gasteiger partial charge in [-0.2, -0.15) is 9.29 Å². The maximum atomic E-state index is 13.0. The summed E-state index contributed by atoms with van der Waals surface area (Å²) in [5.41, 5.74) is 1.62. The van der Waals surface area contributed by atoms with Gasteiger partial charge in [-0.15, -0.1) is 0 Å². The first-order valence-electron chi connectivity index (χ1n) is 9.80. The normalized spacial score (nSPS) is 15.0. The first-order valence-corrected chi connectivity index (χ1v) is 11.2. The molecule has 2 heterocycles. The van der Waals surface area contributed by atoms with E-state index in [2.05, 4.69) is 15.5 Å². The highest BCUT2D eigenvalue weighted by Gasteiger charge is 2.28. The Morgan fingerprint density at radius 1 is 1.13 bits per heavy atom. The van der Waals surface area contributed by atoms with Gasteiger partial charge in [0.05, 0.1) is 24.7 Å². The maximum absolute atomic E-state index is 13.0. The van der Waals surface area contributed by atoms with Crippen LogP contribution >= 0.6 is 0 Å². The predicted octanol–water partition coefficient (Wildman–Crippen LogP) is 2.00. The molecule has 31 heavy (non-hydrogen) atoms. The Kier molecular flexibility index (Phi) is 6.12. The Labute approximate surface area is 180 Å². The zero-order valence-electron chi connectivity index (χ0n) is 16.9. The fourth-order valence-electron chi connectivity index (χ4n) is 3.23. The highest BCUT2D eigenvalue weighted by molar-refractivity contribution is 7.89. The molecule has 0 saturated carbocycles. The van der Waals surface area contributed by atoms with E-state index in [1.54, 1.807) is 19.1 Å². The third-order valence-corrected chi connectivity index (χ3v) is 6.98. The van der Waals surface area contributed by atoms with Gasteiger partial charge in [-0.05, 0) is 24.6 Å². The van der Waals surface area contributed by atoms with Crippen LogP contribution in [0.3, 0.4) is 0 Å². The van der Waals surface area contributed by atoms with E-state index in [4.69, 9.17) is 9.26 Å². The number of morpholine rings is 1. The van der Waals surface area contributed by atoms with Crippen molar-refractivity contribution in [2.24, 2.45) is 0 Å². The Morgan fingerprint density at radius 3 is 2.61 bits per heavy atom. The molecule has 0 aliphatic carbocycles. The first kappa shape index (κ1) is 21.2. The molecular formula is C21H22N4O5S. The number of rotatable bonds is 6. The summed E-state index contributed by atoms with van der Waals surface area (Å²) in [5.74, 6) is 0.248. The summed E-state index contributed by atoms with van der Waals surface area (Å²) in [4.78, 5) is 17.0. The maximum Gasteiger partial charge on any atom is 0.251 e. The predicted molar refractivity (Wildman–Crippen MR) is 112 cm³/mol. The number of hydrogen-bond donors (Lipinski definition) is 1. The molecule has 2 aromatic carbocycles. The Morgan fingerprint density at radius 2 is 1.87 bits per heavy atom. The molecule has 0 radical (unpaired) electrons. The van der Waals surface area contributed by atoms with Gasteiger partial charge in [-0.3, -0.25) is 4.79 Å². The lowest BCUT2D eigenvalue weighted by molar-refractivity contribution is 0.0730. The number of sulfonamides is 1. The second-order valence-corrected chi connectivity index (χ2v) is 8.96. The number of aromatic nitrogens is 2. The molecule has 162 valence electrons. The first-order chi connectivity index (χ1) is 14.9. The number of hydrogen-bond acceptors (Lipinski definition) is 7. The molecule has 1 N–H and O–H groups in total. The number of nitrogens with zero attached hydrogens (tertiary/aromatic N) is 3. The van der Waals surface area contributed by atoms with Crippen LogP contribution in [0.5, 0.6) is 0 Å². The van der Waals surface area contributed by atoms with Crippen LogP contribution < -0.4 is 5.32 Å². The summed E-state index contributed by atoms with van der Waals surface area (Å²) in [5, 5.41) is 6.61. The summed E-state index contributed by atoms with van der Waals surface area (Å²) in [6, 6.07) is 14.0. The van der Waals surface area contributed by atoms with Crippen molar-refractivity contribution < 1.29 is 22.5 Å². The van der Waals surface area contributed by atoms with Crippen LogP contribution in [0, 0.1) is 6.92 Å². The molecule has 1 fully saturated rings. The van der Waals surface area contributed by atoms with Crippen LogP contribution in [-0.4, -0.2) is 55.1 Å². The van der Waals surface area contributed by atoms with E-state index in [0.29, 0.717) is 37.7 Å². The van der Waals surface area contributed by atoms with Crippen LogP contribution in [-0.2, 0) is 21.3 Å². The minimum Gasteiger partial charge on any atom is -0.379 e. The summed E-state index contributed by atoms with van der Waals surface area (Å²) < 4.78 is 37.8. The van der Waals surface area contributed by atoms with Gasteiger partial charge in [-0.1, -0.05) is 41.6 Å². The van der Waals surface area contributed by atoms with Gasteiger partial charge in [0.2, 0.25) is 21.7 Å². The van der Waals surface area contributed by atoms with Crippen molar-refractivity contribution in [1.29, 1.82) is 0 Å². The Bertz CT molecular complexity index is 1170. The van der Waals surface area contributed by atoms with E-state index < -0.39 is 15.9 Å². The molecule has 4 rings (SSSR count). The van der Waals surface area contributed by atoms with Crippen molar-refractivity contribution in [3.8, 4) is 11.4 Å². The standard InChI is InChI=1S/C21H22N4O5S/c1-15-7-8-17(13-18(15)31(27,28)25-9-11-29-12-10-25)21(26)22-14-19-23-20(24-30-19)16-5-3-2-4-6-16/h2-8,13H,9-12,14H2,1H3,(H,22,26). The topological polar surface area (TPSA) is 115 Å². The van der Waals surface area contributed by atoms with Crippen molar-refractivity contribution in [3.05, 3.63) is 65.5 Å². The van der Waals surface area contributed by atoms with E-state index in [1.165, 1.54) is 10.4 Å². The van der Waals surface area contributed by atoms with Crippen molar-refractivity contribution in [2.45, 2.75) is 18.4 Å². The highest BCUT2D eigenvalue weighted by Crippen LogP contribution is 2.22. The fraction of sp³-hybridized carbons (Fsp3) is 0.286. The van der Waals surface area contributed by atoms with E-state index in [1.807, 2.05) is 30.3 Å². The van der Waals surface area contributed by atoms with Gasteiger partial charge < -0.3 is 14.6 Å². The van der Waals surface area contributed by atoms with Gasteiger partial charge >= 0.3 is 0 Å². The molecule has 1 aliphatic heterocycles. The number of ether oxygens (including phenoxy) is 1. The molecule has 0 bridgehead atoms. The number of nitrogens with one attached hydrogen (secondary N) is 1. The van der Waals surface area contributed by atoms with Crippen LogP contribution in [0.15, 0.2) is 57.9 Å². The van der Waals surface area contributed by atoms with E-state index in [-0.39, 0.29) is 22.9 Å². The lowest BCUT2D eigenvalue weighted by atomic mass is 10.1. The number of carbonyl (C=O) groups excluding carboxylic acids is 1. The molecule has 1 aliphatic rings.